The van der Waals surface area contributed by atoms with Gasteiger partial charge in [-0.05, 0) is 30.5 Å². The first-order chi connectivity index (χ1) is 9.19. The van der Waals surface area contributed by atoms with E-state index >= 15 is 0 Å². The van der Waals surface area contributed by atoms with Crippen LogP contribution in [0, 0.1) is 5.92 Å². The maximum atomic E-state index is 12.3. The van der Waals surface area contributed by atoms with Gasteiger partial charge < -0.3 is 4.74 Å². The van der Waals surface area contributed by atoms with E-state index in [1.54, 1.807) is 25.1 Å². The first kappa shape index (κ1) is 17.2. The van der Waals surface area contributed by atoms with Gasteiger partial charge in [0.05, 0.1) is 23.7 Å². The van der Waals surface area contributed by atoms with Crippen molar-refractivity contribution in [2.24, 2.45) is 5.92 Å². The van der Waals surface area contributed by atoms with Gasteiger partial charge in [-0.3, -0.25) is 0 Å². The summed E-state index contributed by atoms with van der Waals surface area (Å²) in [7, 11) is -1.92. The van der Waals surface area contributed by atoms with Crippen molar-refractivity contribution in [2.75, 3.05) is 7.11 Å². The predicted molar refractivity (Wildman–Crippen MR) is 82.4 cm³/mol. The second kappa shape index (κ2) is 6.72. The van der Waals surface area contributed by atoms with Gasteiger partial charge in [0.2, 0.25) is 0 Å². The average Bonchev–Trinajstić information content (AvgIpc) is 2.38. The zero-order valence-corrected chi connectivity index (χ0v) is 14.4. The van der Waals surface area contributed by atoms with Gasteiger partial charge in [-0.15, -0.1) is 0 Å². The first-order valence-corrected chi connectivity index (χ1v) is 8.78. The molecule has 4 nitrogen and oxygen atoms in total. The summed E-state index contributed by atoms with van der Waals surface area (Å²) >= 11 is 3.31. The van der Waals surface area contributed by atoms with Crippen LogP contribution in [0.5, 0.6) is 0 Å². The number of hydrogen-bond donors (Lipinski definition) is 0. The molecular weight excluding hydrogens is 344 g/mol. The molecule has 1 aromatic carbocycles. The normalized spacial score (nSPS) is 13.3. The molecule has 20 heavy (non-hydrogen) atoms. The van der Waals surface area contributed by atoms with E-state index in [1.165, 1.54) is 7.11 Å². The molecule has 0 saturated carbocycles. The second-order valence-corrected chi connectivity index (χ2v) is 8.27. The van der Waals surface area contributed by atoms with E-state index in [9.17, 15) is 13.2 Å². The Morgan fingerprint density at radius 3 is 2.35 bits per heavy atom. The maximum absolute atomic E-state index is 12.3. The zero-order chi connectivity index (χ0) is 15.5. The van der Waals surface area contributed by atoms with E-state index in [-0.39, 0.29) is 11.7 Å². The lowest BCUT2D eigenvalue weighted by molar-refractivity contribution is 0.0600. The fourth-order valence-electron chi connectivity index (χ4n) is 1.67. The summed E-state index contributed by atoms with van der Waals surface area (Å²) in [5.74, 6) is -0.433. The number of carbonyl (C=O) groups is 1. The third-order valence-electron chi connectivity index (χ3n) is 3.34. The lowest BCUT2D eigenvalue weighted by Crippen LogP contribution is -2.25. The molecule has 0 heterocycles. The molecule has 0 amide bonds. The van der Waals surface area contributed by atoms with E-state index in [2.05, 4.69) is 20.7 Å². The molecule has 0 aliphatic carbocycles. The molecule has 0 bridgehead atoms. The maximum Gasteiger partial charge on any atom is 0.337 e. The second-order valence-electron chi connectivity index (χ2n) is 5.05. The highest BCUT2D eigenvalue weighted by molar-refractivity contribution is 9.10. The molecule has 1 atom stereocenters. The third kappa shape index (κ3) is 4.06. The summed E-state index contributed by atoms with van der Waals surface area (Å²) in [6.07, 6.45) is 0. The third-order valence-corrected chi connectivity index (χ3v) is 6.46. The van der Waals surface area contributed by atoms with Crippen LogP contribution in [0.2, 0.25) is 0 Å². The molecule has 0 spiro atoms. The Labute approximate surface area is 128 Å². The van der Waals surface area contributed by atoms with Crippen molar-refractivity contribution in [3.05, 3.63) is 33.8 Å². The number of sulfone groups is 1. The van der Waals surface area contributed by atoms with Gasteiger partial charge in [0.1, 0.15) is 0 Å². The molecule has 0 saturated heterocycles. The molecule has 0 aliphatic rings. The van der Waals surface area contributed by atoms with Gasteiger partial charge in [-0.25, -0.2) is 13.2 Å². The summed E-state index contributed by atoms with van der Waals surface area (Å²) < 4.78 is 29.7. The number of rotatable bonds is 5. The molecule has 0 aliphatic heterocycles. The van der Waals surface area contributed by atoms with Crippen LogP contribution in [0.15, 0.2) is 22.7 Å². The Balaban J connectivity index is 3.03. The molecular formula is C14H19BrO4S. The van der Waals surface area contributed by atoms with E-state index in [0.717, 1.165) is 0 Å². The van der Waals surface area contributed by atoms with Crippen LogP contribution in [0.1, 0.15) is 36.7 Å². The van der Waals surface area contributed by atoms with Gasteiger partial charge in [0, 0.05) is 4.47 Å². The van der Waals surface area contributed by atoms with Crippen LogP contribution in [0.4, 0.5) is 0 Å². The van der Waals surface area contributed by atoms with Crippen molar-refractivity contribution in [1.29, 1.82) is 0 Å². The summed E-state index contributed by atoms with van der Waals surface area (Å²) in [5, 5.41) is -0.408. The van der Waals surface area contributed by atoms with Crippen LogP contribution in [-0.2, 0) is 20.3 Å². The summed E-state index contributed by atoms with van der Waals surface area (Å²) in [4.78, 5) is 11.4. The molecule has 0 aromatic heterocycles. The number of halogens is 1. The zero-order valence-electron chi connectivity index (χ0n) is 12.0. The van der Waals surface area contributed by atoms with Crippen LogP contribution < -0.4 is 0 Å². The minimum absolute atomic E-state index is 0.0472. The fourth-order valence-corrected chi connectivity index (χ4v) is 4.15. The van der Waals surface area contributed by atoms with Gasteiger partial charge in [-0.2, -0.15) is 0 Å². The van der Waals surface area contributed by atoms with E-state index in [1.807, 2.05) is 13.8 Å². The van der Waals surface area contributed by atoms with E-state index in [4.69, 9.17) is 0 Å². The predicted octanol–water partition coefficient (Wildman–Crippen LogP) is 3.20. The molecule has 112 valence electrons. The fraction of sp³-hybridized carbons (Fsp3) is 0.500. The molecule has 1 rings (SSSR count). The van der Waals surface area contributed by atoms with E-state index in [0.29, 0.717) is 15.6 Å². The smallest absolute Gasteiger partial charge is 0.337 e. The minimum atomic E-state index is -3.22. The lowest BCUT2D eigenvalue weighted by Gasteiger charge is -2.17. The topological polar surface area (TPSA) is 60.4 Å². The highest BCUT2D eigenvalue weighted by Crippen LogP contribution is 2.24. The van der Waals surface area contributed by atoms with Gasteiger partial charge >= 0.3 is 5.97 Å². The monoisotopic (exact) mass is 362 g/mol. The van der Waals surface area contributed by atoms with Crippen molar-refractivity contribution in [1.82, 2.24) is 0 Å². The van der Waals surface area contributed by atoms with Crippen molar-refractivity contribution < 1.29 is 17.9 Å². The van der Waals surface area contributed by atoms with Gasteiger partial charge in [-0.1, -0.05) is 35.8 Å². The van der Waals surface area contributed by atoms with Crippen LogP contribution >= 0.6 is 15.9 Å². The molecule has 1 aromatic rings. The standard InChI is InChI=1S/C14H19BrO4S/c1-9(2)10(3)20(17,18)8-12-6-5-11(7-13(12)15)14(16)19-4/h5-7,9-10H,8H2,1-4H3. The first-order valence-electron chi connectivity index (χ1n) is 6.27. The molecule has 0 fully saturated rings. The van der Waals surface area contributed by atoms with E-state index < -0.39 is 21.1 Å². The lowest BCUT2D eigenvalue weighted by atomic mass is 10.1. The summed E-state index contributed by atoms with van der Waals surface area (Å²) in [6.45, 7) is 5.49. The van der Waals surface area contributed by atoms with Gasteiger partial charge in [0.15, 0.2) is 9.84 Å². The quantitative estimate of drug-likeness (QED) is 0.754. The number of esters is 1. The number of ether oxygens (including phenoxy) is 1. The molecule has 6 heteroatoms. The Morgan fingerprint density at radius 1 is 1.30 bits per heavy atom. The average molecular weight is 363 g/mol. The molecule has 1 unspecified atom stereocenters. The van der Waals surface area contributed by atoms with Gasteiger partial charge in [0.25, 0.3) is 0 Å². The Hall–Kier alpha value is -0.880. The number of hydrogen-bond acceptors (Lipinski definition) is 4. The number of benzene rings is 1. The highest BCUT2D eigenvalue weighted by Gasteiger charge is 2.25. The van der Waals surface area contributed by atoms with Crippen LogP contribution in [0.3, 0.4) is 0 Å². The Bertz CT molecular complexity index is 593. The van der Waals surface area contributed by atoms with Crippen LogP contribution in [0.25, 0.3) is 0 Å². The van der Waals surface area contributed by atoms with Crippen molar-refractivity contribution in [3.63, 3.8) is 0 Å². The summed E-state index contributed by atoms with van der Waals surface area (Å²) in [5.41, 5.74) is 1.03. The Morgan fingerprint density at radius 2 is 1.90 bits per heavy atom. The van der Waals surface area contributed by atoms with Crippen molar-refractivity contribution >= 4 is 31.7 Å². The minimum Gasteiger partial charge on any atom is -0.465 e. The van der Waals surface area contributed by atoms with Crippen molar-refractivity contribution in [2.45, 2.75) is 31.8 Å². The largest absolute Gasteiger partial charge is 0.465 e. The molecule has 0 radical (unpaired) electrons. The number of carbonyl (C=O) groups excluding carboxylic acids is 1. The summed E-state index contributed by atoms with van der Waals surface area (Å²) in [6, 6.07) is 4.79. The molecule has 0 N–H and O–H groups in total. The highest BCUT2D eigenvalue weighted by atomic mass is 79.9. The Kier molecular flexibility index (Phi) is 5.77. The van der Waals surface area contributed by atoms with Crippen LogP contribution in [-0.4, -0.2) is 26.7 Å². The van der Waals surface area contributed by atoms with Crippen molar-refractivity contribution in [3.8, 4) is 0 Å². The SMILES string of the molecule is COC(=O)c1ccc(CS(=O)(=O)C(C)C(C)C)c(Br)c1. The number of methoxy groups -OCH3 is 1.